The van der Waals surface area contributed by atoms with Gasteiger partial charge in [-0.05, 0) is 18.2 Å². The Kier molecular flexibility index (Phi) is 4.01. The van der Waals surface area contributed by atoms with Gasteiger partial charge in [0.2, 0.25) is 0 Å². The number of benzene rings is 1. The van der Waals surface area contributed by atoms with E-state index >= 15 is 0 Å². The minimum atomic E-state index is -1.20. The summed E-state index contributed by atoms with van der Waals surface area (Å²) in [6.45, 7) is -0.411. The van der Waals surface area contributed by atoms with E-state index in [2.05, 4.69) is 5.32 Å². The lowest BCUT2D eigenvalue weighted by atomic mass is 10.1. The van der Waals surface area contributed by atoms with Crippen molar-refractivity contribution in [3.8, 4) is 0 Å². The number of rotatable bonds is 4. The number of nitrogens with one attached hydrogen (secondary N) is 1. The maximum absolute atomic E-state index is 10.8. The van der Waals surface area contributed by atoms with Crippen molar-refractivity contribution in [2.24, 2.45) is 0 Å². The number of aliphatic hydroxyl groups excluding tert-OH is 3. The van der Waals surface area contributed by atoms with Crippen LogP contribution in [0.5, 0.6) is 0 Å². The van der Waals surface area contributed by atoms with Gasteiger partial charge in [-0.2, -0.15) is 0 Å². The Morgan fingerprint density at radius 3 is 2.63 bits per heavy atom. The van der Waals surface area contributed by atoms with E-state index in [1.807, 2.05) is 0 Å². The fourth-order valence-corrected chi connectivity index (χ4v) is 1.93. The third-order valence-electron chi connectivity index (χ3n) is 2.96. The number of hydrogen-bond acceptors (Lipinski definition) is 6. The molecule has 4 unspecified atom stereocenters. The lowest BCUT2D eigenvalue weighted by molar-refractivity contribution is -0.0153. The minimum Gasteiger partial charge on any atom is -0.478 e. The second kappa shape index (κ2) is 5.54. The van der Waals surface area contributed by atoms with Crippen molar-refractivity contribution in [3.63, 3.8) is 0 Å². The monoisotopic (exact) mass is 269 g/mol. The molecule has 0 spiro atoms. The van der Waals surface area contributed by atoms with Gasteiger partial charge in [-0.25, -0.2) is 4.79 Å². The van der Waals surface area contributed by atoms with Gasteiger partial charge < -0.3 is 30.5 Å². The molecule has 1 heterocycles. The summed E-state index contributed by atoms with van der Waals surface area (Å²) in [5, 5.41) is 39.9. The fraction of sp³-hybridized carbons (Fsp3) is 0.417. The van der Waals surface area contributed by atoms with Crippen LogP contribution in [0.1, 0.15) is 10.4 Å². The van der Waals surface area contributed by atoms with Crippen molar-refractivity contribution in [1.29, 1.82) is 0 Å². The molecule has 1 fully saturated rings. The third kappa shape index (κ3) is 2.85. The first-order valence-electron chi connectivity index (χ1n) is 5.75. The van der Waals surface area contributed by atoms with Gasteiger partial charge in [0.15, 0.2) is 6.23 Å². The number of anilines is 1. The highest BCUT2D eigenvalue weighted by Gasteiger charge is 2.42. The molecule has 1 aliphatic rings. The van der Waals surface area contributed by atoms with Gasteiger partial charge in [0.05, 0.1) is 12.2 Å². The van der Waals surface area contributed by atoms with Crippen molar-refractivity contribution in [3.05, 3.63) is 29.8 Å². The van der Waals surface area contributed by atoms with Crippen LogP contribution >= 0.6 is 0 Å². The normalized spacial score (nSPS) is 30.3. The van der Waals surface area contributed by atoms with Crippen LogP contribution in [0.3, 0.4) is 0 Å². The molecule has 7 nitrogen and oxygen atoms in total. The largest absolute Gasteiger partial charge is 0.478 e. The maximum Gasteiger partial charge on any atom is 0.335 e. The van der Waals surface area contributed by atoms with E-state index in [0.29, 0.717) is 5.69 Å². The lowest BCUT2D eigenvalue weighted by Gasteiger charge is -2.17. The van der Waals surface area contributed by atoms with E-state index in [1.54, 1.807) is 12.1 Å². The Balaban J connectivity index is 2.09. The fourth-order valence-electron chi connectivity index (χ4n) is 1.93. The molecule has 19 heavy (non-hydrogen) atoms. The molecular formula is C12H15NO6. The molecule has 0 radical (unpaired) electrons. The first-order chi connectivity index (χ1) is 9.02. The van der Waals surface area contributed by atoms with Crippen LogP contribution in [0, 0.1) is 0 Å². The van der Waals surface area contributed by atoms with Gasteiger partial charge in [-0.1, -0.05) is 6.07 Å². The quantitative estimate of drug-likeness (QED) is 0.487. The van der Waals surface area contributed by atoms with Gasteiger partial charge >= 0.3 is 5.97 Å². The summed E-state index contributed by atoms with van der Waals surface area (Å²) in [5.74, 6) is -1.06. The van der Waals surface area contributed by atoms with Crippen LogP contribution in [-0.2, 0) is 4.74 Å². The summed E-state index contributed by atoms with van der Waals surface area (Å²) in [4.78, 5) is 10.8. The lowest BCUT2D eigenvalue weighted by Crippen LogP contribution is -2.36. The first kappa shape index (κ1) is 13.8. The summed E-state index contributed by atoms with van der Waals surface area (Å²) < 4.78 is 5.23. The number of hydrogen-bond donors (Lipinski definition) is 5. The van der Waals surface area contributed by atoms with Crippen LogP contribution in [0.2, 0.25) is 0 Å². The van der Waals surface area contributed by atoms with Gasteiger partial charge in [0.25, 0.3) is 0 Å². The van der Waals surface area contributed by atoms with Gasteiger partial charge in [-0.3, -0.25) is 0 Å². The third-order valence-corrected chi connectivity index (χ3v) is 2.96. The summed E-state index contributed by atoms with van der Waals surface area (Å²) in [6.07, 6.45) is -4.16. The summed E-state index contributed by atoms with van der Waals surface area (Å²) >= 11 is 0. The average Bonchev–Trinajstić information content (AvgIpc) is 2.67. The molecule has 1 aromatic rings. The van der Waals surface area contributed by atoms with E-state index in [1.165, 1.54) is 12.1 Å². The molecule has 4 atom stereocenters. The molecule has 7 heteroatoms. The smallest absolute Gasteiger partial charge is 0.335 e. The molecule has 0 bridgehead atoms. The van der Waals surface area contributed by atoms with Crippen LogP contribution in [0.15, 0.2) is 24.3 Å². The van der Waals surface area contributed by atoms with Crippen molar-refractivity contribution >= 4 is 11.7 Å². The molecule has 0 aromatic heterocycles. The molecule has 1 saturated heterocycles. The summed E-state index contributed by atoms with van der Waals surface area (Å²) in [7, 11) is 0. The minimum absolute atomic E-state index is 0.0942. The Morgan fingerprint density at radius 2 is 2.05 bits per heavy atom. The highest BCUT2D eigenvalue weighted by atomic mass is 16.6. The molecule has 1 aliphatic heterocycles. The highest BCUT2D eigenvalue weighted by Crippen LogP contribution is 2.23. The Hall–Kier alpha value is -1.67. The zero-order valence-electron chi connectivity index (χ0n) is 9.93. The first-order valence-corrected chi connectivity index (χ1v) is 5.75. The van der Waals surface area contributed by atoms with Crippen LogP contribution < -0.4 is 5.32 Å². The highest BCUT2D eigenvalue weighted by molar-refractivity contribution is 5.88. The van der Waals surface area contributed by atoms with Crippen LogP contribution in [-0.4, -0.2) is 57.5 Å². The van der Waals surface area contributed by atoms with Crippen molar-refractivity contribution < 1.29 is 30.0 Å². The van der Waals surface area contributed by atoms with Crippen molar-refractivity contribution in [2.75, 3.05) is 11.9 Å². The zero-order valence-corrected chi connectivity index (χ0v) is 9.93. The van der Waals surface area contributed by atoms with Crippen molar-refractivity contribution in [1.82, 2.24) is 0 Å². The molecular weight excluding hydrogens is 254 g/mol. The molecule has 0 aliphatic carbocycles. The molecule has 2 rings (SSSR count). The second-order valence-electron chi connectivity index (χ2n) is 4.29. The number of carboxylic acid groups (broad SMARTS) is 1. The molecule has 104 valence electrons. The number of aromatic carboxylic acids is 1. The van der Waals surface area contributed by atoms with Gasteiger partial charge in [0.1, 0.15) is 18.3 Å². The molecule has 1 aromatic carbocycles. The average molecular weight is 269 g/mol. The Bertz CT molecular complexity index is 465. The predicted octanol–water partition coefficient (Wildman–Crippen LogP) is -0.764. The standard InChI is InChI=1S/C12H15NO6/c14-5-8-9(15)10(16)11(19-8)13-7-3-1-2-6(4-7)12(17)18/h1-4,8-11,13-16H,5H2,(H,17,18). The summed E-state index contributed by atoms with van der Waals surface area (Å²) in [5.41, 5.74) is 0.534. The van der Waals surface area contributed by atoms with Crippen molar-refractivity contribution in [2.45, 2.75) is 24.5 Å². The van der Waals surface area contributed by atoms with Crippen LogP contribution in [0.4, 0.5) is 5.69 Å². The van der Waals surface area contributed by atoms with E-state index < -0.39 is 37.1 Å². The number of carboxylic acids is 1. The van der Waals surface area contributed by atoms with E-state index in [4.69, 9.17) is 14.9 Å². The number of ether oxygens (including phenoxy) is 1. The molecule has 0 saturated carbocycles. The predicted molar refractivity (Wildman–Crippen MR) is 64.8 cm³/mol. The Morgan fingerprint density at radius 1 is 1.32 bits per heavy atom. The zero-order chi connectivity index (χ0) is 14.0. The van der Waals surface area contributed by atoms with E-state index in [0.717, 1.165) is 0 Å². The van der Waals surface area contributed by atoms with Gasteiger partial charge in [0, 0.05) is 5.69 Å². The van der Waals surface area contributed by atoms with Gasteiger partial charge in [-0.15, -0.1) is 0 Å². The van der Waals surface area contributed by atoms with E-state index in [-0.39, 0.29) is 5.56 Å². The molecule has 5 N–H and O–H groups in total. The van der Waals surface area contributed by atoms with E-state index in [9.17, 15) is 15.0 Å². The number of carbonyl (C=O) groups is 1. The SMILES string of the molecule is O=C(O)c1cccc(NC2OC(CO)C(O)C2O)c1. The second-order valence-corrected chi connectivity index (χ2v) is 4.29. The maximum atomic E-state index is 10.8. The molecule has 0 amide bonds. The summed E-state index contributed by atoms with van der Waals surface area (Å²) in [6, 6.07) is 5.98. The topological polar surface area (TPSA) is 119 Å². The van der Waals surface area contributed by atoms with Crippen LogP contribution in [0.25, 0.3) is 0 Å². The Labute approximate surface area is 109 Å². The number of aliphatic hydroxyl groups is 3.